The van der Waals surface area contributed by atoms with Crippen molar-refractivity contribution >= 4 is 10.8 Å². The molecule has 0 N–H and O–H groups in total. The first-order valence-corrected chi connectivity index (χ1v) is 10.1. The first-order valence-electron chi connectivity index (χ1n) is 8.78. The van der Waals surface area contributed by atoms with Gasteiger partial charge in [-0.25, -0.2) is 0 Å². The van der Waals surface area contributed by atoms with Gasteiger partial charge < -0.3 is 0 Å². The van der Waals surface area contributed by atoms with Gasteiger partial charge >= 0.3 is 0 Å². The molecule has 4 unspecified atom stereocenters. The van der Waals surface area contributed by atoms with Crippen LogP contribution < -0.4 is 0 Å². The van der Waals surface area contributed by atoms with Gasteiger partial charge in [-0.15, -0.1) is 0 Å². The van der Waals surface area contributed by atoms with Crippen LogP contribution in [-0.4, -0.2) is 14.7 Å². The summed E-state index contributed by atoms with van der Waals surface area (Å²) in [5, 5.41) is 9.96. The first kappa shape index (κ1) is 17.0. The molecule has 0 aromatic rings. The molecule has 0 heterocycles. The second-order valence-corrected chi connectivity index (χ2v) is 9.64. The van der Waals surface area contributed by atoms with Crippen LogP contribution in [0.15, 0.2) is 0 Å². The number of hydrogen-bond acceptors (Lipinski definition) is 2. The van der Waals surface area contributed by atoms with Crippen LogP contribution in [0.2, 0.25) is 0 Å². The average Bonchev–Trinajstić information content (AvgIpc) is 2.54. The van der Waals surface area contributed by atoms with Crippen molar-refractivity contribution in [3.05, 3.63) is 0 Å². The smallest absolute Gasteiger partial charge is 0.0668 e. The van der Waals surface area contributed by atoms with Crippen LogP contribution in [0.1, 0.15) is 78.6 Å². The van der Waals surface area contributed by atoms with Crippen molar-refractivity contribution in [3.8, 4) is 6.07 Å². The molecule has 2 nitrogen and oxygen atoms in total. The third kappa shape index (κ3) is 3.89. The second kappa shape index (κ2) is 7.27. The third-order valence-corrected chi connectivity index (χ3v) is 8.40. The molecular formula is C18H31NOS. The van der Waals surface area contributed by atoms with Crippen molar-refractivity contribution in [3.63, 3.8) is 0 Å². The summed E-state index contributed by atoms with van der Waals surface area (Å²) in [6.45, 7) is 6.93. The molecule has 0 saturated heterocycles. The summed E-state index contributed by atoms with van der Waals surface area (Å²) in [5.41, 5.74) is 0.315. The molecule has 2 saturated carbocycles. The van der Waals surface area contributed by atoms with E-state index in [0.717, 1.165) is 38.5 Å². The minimum Gasteiger partial charge on any atom is -0.259 e. The maximum atomic E-state index is 13.0. The molecule has 3 heteroatoms. The van der Waals surface area contributed by atoms with E-state index in [-0.39, 0.29) is 11.2 Å². The SMILES string of the molecule is CCC(C)(C)C1CCC(C#N)C(S(=O)C2CCCCC2)C1. The lowest BCUT2D eigenvalue weighted by Crippen LogP contribution is -2.41. The van der Waals surface area contributed by atoms with E-state index in [1.165, 1.54) is 19.3 Å². The van der Waals surface area contributed by atoms with E-state index in [1.54, 1.807) is 0 Å². The van der Waals surface area contributed by atoms with Crippen LogP contribution >= 0.6 is 0 Å². The molecule has 2 fully saturated rings. The van der Waals surface area contributed by atoms with Crippen LogP contribution in [0, 0.1) is 28.6 Å². The molecule has 0 aromatic carbocycles. The van der Waals surface area contributed by atoms with Crippen molar-refractivity contribution in [1.82, 2.24) is 0 Å². The highest BCUT2D eigenvalue weighted by molar-refractivity contribution is 7.86. The lowest BCUT2D eigenvalue weighted by molar-refractivity contribution is 0.142. The molecule has 0 aliphatic heterocycles. The fourth-order valence-electron chi connectivity index (χ4n) is 4.08. The molecule has 0 radical (unpaired) electrons. The lowest BCUT2D eigenvalue weighted by Gasteiger charge is -2.42. The molecule has 120 valence electrons. The van der Waals surface area contributed by atoms with Gasteiger partial charge in [0.05, 0.1) is 17.2 Å². The number of hydrogen-bond donors (Lipinski definition) is 0. The predicted molar refractivity (Wildman–Crippen MR) is 89.3 cm³/mol. The number of rotatable bonds is 4. The van der Waals surface area contributed by atoms with E-state index in [1.807, 2.05) is 0 Å². The Kier molecular flexibility index (Phi) is 5.88. The van der Waals surface area contributed by atoms with Gasteiger partial charge in [-0.05, 0) is 43.4 Å². The molecule has 21 heavy (non-hydrogen) atoms. The van der Waals surface area contributed by atoms with Gasteiger partial charge in [0.2, 0.25) is 0 Å². The van der Waals surface area contributed by atoms with Gasteiger partial charge in [0, 0.05) is 16.0 Å². The van der Waals surface area contributed by atoms with Crippen molar-refractivity contribution in [2.75, 3.05) is 0 Å². The van der Waals surface area contributed by atoms with E-state index in [9.17, 15) is 9.47 Å². The standard InChI is InChI=1S/C18H31NOS/c1-4-18(2,3)15-11-10-14(13-19)17(12-15)21(20)16-8-6-5-7-9-16/h14-17H,4-12H2,1-3H3. The Bertz CT molecular complexity index is 406. The highest BCUT2D eigenvalue weighted by Crippen LogP contribution is 2.44. The summed E-state index contributed by atoms with van der Waals surface area (Å²) >= 11 is 0. The average molecular weight is 310 g/mol. The van der Waals surface area contributed by atoms with Crippen LogP contribution in [0.5, 0.6) is 0 Å². The van der Waals surface area contributed by atoms with Crippen molar-refractivity contribution < 1.29 is 4.21 Å². The molecule has 0 aromatic heterocycles. The minimum atomic E-state index is -0.803. The van der Waals surface area contributed by atoms with Crippen LogP contribution in [0.25, 0.3) is 0 Å². The highest BCUT2D eigenvalue weighted by Gasteiger charge is 2.41. The Labute approximate surface area is 133 Å². The van der Waals surface area contributed by atoms with E-state index >= 15 is 0 Å². The summed E-state index contributed by atoms with van der Waals surface area (Å²) in [6, 6.07) is 2.47. The molecule has 0 bridgehead atoms. The van der Waals surface area contributed by atoms with Gasteiger partial charge in [0.25, 0.3) is 0 Å². The molecule has 0 amide bonds. The monoisotopic (exact) mass is 309 g/mol. The topological polar surface area (TPSA) is 40.9 Å². The first-order chi connectivity index (χ1) is 9.99. The number of nitriles is 1. The summed E-state index contributed by atoms with van der Waals surface area (Å²) in [6.07, 6.45) is 10.2. The summed E-state index contributed by atoms with van der Waals surface area (Å²) < 4.78 is 13.0. The van der Waals surface area contributed by atoms with E-state index < -0.39 is 10.8 Å². The normalized spacial score (nSPS) is 33.3. The van der Waals surface area contributed by atoms with Crippen LogP contribution in [0.4, 0.5) is 0 Å². The van der Waals surface area contributed by atoms with Gasteiger partial charge in [0.15, 0.2) is 0 Å². The largest absolute Gasteiger partial charge is 0.259 e. The molecule has 2 aliphatic carbocycles. The van der Waals surface area contributed by atoms with Crippen LogP contribution in [0.3, 0.4) is 0 Å². The molecular weight excluding hydrogens is 278 g/mol. The van der Waals surface area contributed by atoms with Crippen molar-refractivity contribution in [2.45, 2.75) is 89.1 Å². The quantitative estimate of drug-likeness (QED) is 0.747. The summed E-state index contributed by atoms with van der Waals surface area (Å²) in [4.78, 5) is 0. The maximum Gasteiger partial charge on any atom is 0.0668 e. The zero-order chi connectivity index (χ0) is 15.5. The third-order valence-electron chi connectivity index (χ3n) is 6.15. The van der Waals surface area contributed by atoms with Gasteiger partial charge in [-0.3, -0.25) is 4.21 Å². The van der Waals surface area contributed by atoms with Gasteiger partial charge in [-0.2, -0.15) is 5.26 Å². The maximum absolute atomic E-state index is 13.0. The van der Waals surface area contributed by atoms with Gasteiger partial charge in [0.1, 0.15) is 0 Å². The van der Waals surface area contributed by atoms with E-state index in [2.05, 4.69) is 26.8 Å². The molecule has 2 aliphatic rings. The Morgan fingerprint density at radius 1 is 1.14 bits per heavy atom. The van der Waals surface area contributed by atoms with E-state index in [0.29, 0.717) is 16.6 Å². The molecule has 2 rings (SSSR count). The molecule has 0 spiro atoms. The Morgan fingerprint density at radius 2 is 1.81 bits per heavy atom. The second-order valence-electron chi connectivity index (χ2n) is 7.71. The Morgan fingerprint density at radius 3 is 2.38 bits per heavy atom. The summed E-state index contributed by atoms with van der Waals surface area (Å²) in [5.74, 6) is 0.654. The molecule has 4 atom stereocenters. The highest BCUT2D eigenvalue weighted by atomic mass is 32.2. The summed E-state index contributed by atoms with van der Waals surface area (Å²) in [7, 11) is -0.803. The zero-order valence-corrected chi connectivity index (χ0v) is 14.8. The Hall–Kier alpha value is -0.360. The predicted octanol–water partition coefficient (Wildman–Crippen LogP) is 4.81. The Balaban J connectivity index is 2.09. The zero-order valence-electron chi connectivity index (χ0n) is 13.9. The fraction of sp³-hybridized carbons (Fsp3) is 0.944. The van der Waals surface area contributed by atoms with Crippen LogP contribution in [-0.2, 0) is 10.8 Å². The minimum absolute atomic E-state index is 0.0247. The van der Waals surface area contributed by atoms with E-state index in [4.69, 9.17) is 0 Å². The fourth-order valence-corrected chi connectivity index (χ4v) is 6.31. The van der Waals surface area contributed by atoms with Crippen molar-refractivity contribution in [1.29, 1.82) is 5.26 Å². The number of nitrogens with zero attached hydrogens (tertiary/aromatic N) is 1. The lowest BCUT2D eigenvalue weighted by atomic mass is 9.67. The van der Waals surface area contributed by atoms with Gasteiger partial charge in [-0.1, -0.05) is 46.5 Å². The van der Waals surface area contributed by atoms with Crippen molar-refractivity contribution in [2.24, 2.45) is 17.3 Å².